The Kier molecular flexibility index (Phi) is 3.62. The van der Waals surface area contributed by atoms with Gasteiger partial charge in [-0.25, -0.2) is 0 Å². The lowest BCUT2D eigenvalue weighted by molar-refractivity contribution is 0.0693. The number of nitrogens with zero attached hydrogens (tertiary/aromatic N) is 3. The number of aromatic nitrogens is 2. The molecular weight excluding hydrogens is 284 g/mol. The maximum absolute atomic E-state index is 11.9. The van der Waals surface area contributed by atoms with Gasteiger partial charge in [-0.05, 0) is 24.6 Å². The monoisotopic (exact) mass is 300 g/mol. The Hall–Kier alpha value is -2.70. The molecule has 0 unspecified atom stereocenters. The number of amides is 2. The first-order valence-corrected chi connectivity index (χ1v) is 7.12. The van der Waals surface area contributed by atoms with Crippen molar-refractivity contribution in [2.24, 2.45) is 0 Å². The number of fused-ring (bicyclic) bond motifs is 1. The SMILES string of the molecule is CCCc1noc(CNc2ccc3c(c2)C(=O)N(C)C3=O)n1. The van der Waals surface area contributed by atoms with E-state index in [1.807, 2.05) is 6.92 Å². The van der Waals surface area contributed by atoms with E-state index >= 15 is 0 Å². The number of rotatable bonds is 5. The fraction of sp³-hybridized carbons (Fsp3) is 0.333. The van der Waals surface area contributed by atoms with E-state index < -0.39 is 0 Å². The lowest BCUT2D eigenvalue weighted by Gasteiger charge is -2.04. The van der Waals surface area contributed by atoms with E-state index in [0.717, 1.165) is 23.4 Å². The van der Waals surface area contributed by atoms with Crippen molar-refractivity contribution >= 4 is 17.5 Å². The third-order valence-electron chi connectivity index (χ3n) is 3.52. The molecule has 0 bridgehead atoms. The predicted octanol–water partition coefficient (Wildman–Crippen LogP) is 1.86. The summed E-state index contributed by atoms with van der Waals surface area (Å²) in [7, 11) is 1.48. The molecule has 0 fully saturated rings. The molecule has 0 saturated carbocycles. The fourth-order valence-corrected chi connectivity index (χ4v) is 2.34. The summed E-state index contributed by atoms with van der Waals surface area (Å²) in [5.41, 5.74) is 1.57. The molecule has 2 amide bonds. The third kappa shape index (κ3) is 2.45. The molecule has 0 atom stereocenters. The van der Waals surface area contributed by atoms with E-state index in [4.69, 9.17) is 4.52 Å². The van der Waals surface area contributed by atoms with Gasteiger partial charge in [-0.3, -0.25) is 14.5 Å². The van der Waals surface area contributed by atoms with E-state index in [9.17, 15) is 9.59 Å². The molecule has 114 valence electrons. The van der Waals surface area contributed by atoms with Crippen LogP contribution in [0.4, 0.5) is 5.69 Å². The van der Waals surface area contributed by atoms with Gasteiger partial charge in [0, 0.05) is 19.2 Å². The average Bonchev–Trinajstić information content (AvgIpc) is 3.05. The van der Waals surface area contributed by atoms with Crippen LogP contribution in [0, 0.1) is 0 Å². The first kappa shape index (κ1) is 14.2. The topological polar surface area (TPSA) is 88.3 Å². The van der Waals surface area contributed by atoms with Crippen LogP contribution in [0.25, 0.3) is 0 Å². The molecule has 0 aliphatic carbocycles. The first-order valence-electron chi connectivity index (χ1n) is 7.12. The lowest BCUT2D eigenvalue weighted by Crippen LogP contribution is -2.24. The Bertz CT molecular complexity index is 738. The highest BCUT2D eigenvalue weighted by Gasteiger charge is 2.32. The summed E-state index contributed by atoms with van der Waals surface area (Å²) >= 11 is 0. The quantitative estimate of drug-likeness (QED) is 0.848. The van der Waals surface area contributed by atoms with Crippen LogP contribution in [0.3, 0.4) is 0 Å². The van der Waals surface area contributed by atoms with Crippen molar-refractivity contribution in [3.8, 4) is 0 Å². The zero-order chi connectivity index (χ0) is 15.7. The van der Waals surface area contributed by atoms with Gasteiger partial charge in [0.1, 0.15) is 0 Å². The van der Waals surface area contributed by atoms with Gasteiger partial charge in [-0.2, -0.15) is 4.98 Å². The van der Waals surface area contributed by atoms with Crippen molar-refractivity contribution in [2.45, 2.75) is 26.3 Å². The summed E-state index contributed by atoms with van der Waals surface area (Å²) in [5.74, 6) is 0.624. The number of imide groups is 1. The number of hydrogen-bond acceptors (Lipinski definition) is 6. The Balaban J connectivity index is 1.72. The van der Waals surface area contributed by atoms with Crippen molar-refractivity contribution < 1.29 is 14.1 Å². The summed E-state index contributed by atoms with van der Waals surface area (Å²) in [4.78, 5) is 29.1. The molecule has 0 saturated heterocycles. The van der Waals surface area contributed by atoms with Gasteiger partial charge in [0.15, 0.2) is 5.82 Å². The number of anilines is 1. The number of carbonyl (C=O) groups excluding carboxylic acids is 2. The second-order valence-electron chi connectivity index (χ2n) is 5.14. The van der Waals surface area contributed by atoms with E-state index in [-0.39, 0.29) is 11.8 Å². The summed E-state index contributed by atoms with van der Waals surface area (Å²) in [6.45, 7) is 2.42. The molecule has 7 heteroatoms. The van der Waals surface area contributed by atoms with Gasteiger partial charge in [0.25, 0.3) is 11.8 Å². The highest BCUT2D eigenvalue weighted by atomic mass is 16.5. The molecular formula is C15H16N4O3. The second kappa shape index (κ2) is 5.59. The van der Waals surface area contributed by atoms with Crippen LogP contribution in [0.15, 0.2) is 22.7 Å². The first-order chi connectivity index (χ1) is 10.6. The predicted molar refractivity (Wildman–Crippen MR) is 78.5 cm³/mol. The van der Waals surface area contributed by atoms with Crippen molar-refractivity contribution in [1.82, 2.24) is 15.0 Å². The van der Waals surface area contributed by atoms with Gasteiger partial charge >= 0.3 is 0 Å². The summed E-state index contributed by atoms with van der Waals surface area (Å²) in [6.07, 6.45) is 1.74. The largest absolute Gasteiger partial charge is 0.376 e. The Labute approximate surface area is 127 Å². The van der Waals surface area contributed by atoms with Crippen LogP contribution in [0.1, 0.15) is 45.8 Å². The zero-order valence-electron chi connectivity index (χ0n) is 12.4. The Morgan fingerprint density at radius 3 is 2.77 bits per heavy atom. The summed E-state index contributed by atoms with van der Waals surface area (Å²) in [6, 6.07) is 5.08. The molecule has 0 radical (unpaired) electrons. The van der Waals surface area contributed by atoms with Gasteiger partial charge in [0.2, 0.25) is 5.89 Å². The molecule has 1 N–H and O–H groups in total. The smallest absolute Gasteiger partial charge is 0.261 e. The van der Waals surface area contributed by atoms with Crippen molar-refractivity contribution in [1.29, 1.82) is 0 Å². The number of aryl methyl sites for hydroxylation is 1. The van der Waals surface area contributed by atoms with Crippen LogP contribution in [-0.4, -0.2) is 33.9 Å². The van der Waals surface area contributed by atoms with Gasteiger partial charge in [-0.1, -0.05) is 12.1 Å². The number of carbonyl (C=O) groups is 2. The van der Waals surface area contributed by atoms with Crippen LogP contribution in [-0.2, 0) is 13.0 Å². The molecule has 1 aliphatic rings. The average molecular weight is 300 g/mol. The van der Waals surface area contributed by atoms with Gasteiger partial charge < -0.3 is 9.84 Å². The highest BCUT2D eigenvalue weighted by Crippen LogP contribution is 2.24. The van der Waals surface area contributed by atoms with Crippen LogP contribution in [0.5, 0.6) is 0 Å². The minimum atomic E-state index is -0.285. The van der Waals surface area contributed by atoms with E-state index in [0.29, 0.717) is 29.4 Å². The number of hydrogen-bond donors (Lipinski definition) is 1. The van der Waals surface area contributed by atoms with Gasteiger partial charge in [0.05, 0.1) is 17.7 Å². The molecule has 22 heavy (non-hydrogen) atoms. The summed E-state index contributed by atoms with van der Waals surface area (Å²) < 4.78 is 5.13. The van der Waals surface area contributed by atoms with Crippen molar-refractivity contribution in [2.75, 3.05) is 12.4 Å². The van der Waals surface area contributed by atoms with Crippen LogP contribution < -0.4 is 5.32 Å². The van der Waals surface area contributed by atoms with Crippen molar-refractivity contribution in [3.05, 3.63) is 41.0 Å². The van der Waals surface area contributed by atoms with Crippen LogP contribution in [0.2, 0.25) is 0 Å². The Morgan fingerprint density at radius 1 is 1.23 bits per heavy atom. The number of nitrogens with one attached hydrogen (secondary N) is 1. The molecule has 1 aliphatic heterocycles. The maximum atomic E-state index is 11.9. The number of benzene rings is 1. The highest BCUT2D eigenvalue weighted by molar-refractivity contribution is 6.21. The molecule has 2 heterocycles. The third-order valence-corrected chi connectivity index (χ3v) is 3.52. The minimum Gasteiger partial charge on any atom is -0.376 e. The molecule has 3 rings (SSSR count). The van der Waals surface area contributed by atoms with Gasteiger partial charge in [-0.15, -0.1) is 0 Å². The van der Waals surface area contributed by atoms with E-state index in [1.165, 1.54) is 7.05 Å². The van der Waals surface area contributed by atoms with Crippen LogP contribution >= 0.6 is 0 Å². The molecule has 1 aromatic carbocycles. The van der Waals surface area contributed by atoms with E-state index in [2.05, 4.69) is 15.5 Å². The normalized spacial score (nSPS) is 13.6. The zero-order valence-corrected chi connectivity index (χ0v) is 12.4. The summed E-state index contributed by atoms with van der Waals surface area (Å²) in [5, 5.41) is 6.99. The standard InChI is InChI=1S/C15H16N4O3/c1-3-4-12-17-13(22-18-12)8-16-9-5-6-10-11(7-9)15(21)19(2)14(10)20/h5-7,16H,3-4,8H2,1-2H3. The molecule has 2 aromatic rings. The Morgan fingerprint density at radius 2 is 2.00 bits per heavy atom. The molecule has 7 nitrogen and oxygen atoms in total. The molecule has 0 spiro atoms. The lowest BCUT2D eigenvalue weighted by atomic mass is 10.1. The van der Waals surface area contributed by atoms with Crippen molar-refractivity contribution in [3.63, 3.8) is 0 Å². The second-order valence-corrected chi connectivity index (χ2v) is 5.14. The maximum Gasteiger partial charge on any atom is 0.261 e. The molecule has 1 aromatic heterocycles. The minimum absolute atomic E-state index is 0.271. The fourth-order valence-electron chi connectivity index (χ4n) is 2.34. The van der Waals surface area contributed by atoms with E-state index in [1.54, 1.807) is 18.2 Å².